The van der Waals surface area contributed by atoms with Gasteiger partial charge in [0.15, 0.2) is 12.4 Å². The van der Waals surface area contributed by atoms with Crippen LogP contribution >= 0.6 is 15.2 Å². The van der Waals surface area contributed by atoms with E-state index in [0.717, 1.165) is 0 Å². The van der Waals surface area contributed by atoms with Crippen molar-refractivity contribution in [3.8, 4) is 0 Å². The first-order chi connectivity index (χ1) is 15.8. The van der Waals surface area contributed by atoms with Gasteiger partial charge in [0.2, 0.25) is 0 Å². The summed E-state index contributed by atoms with van der Waals surface area (Å²) < 4.78 is 49.0. The smallest absolute Gasteiger partial charge is 0.401 e. The first-order valence-corrected chi connectivity index (χ1v) is 14.3. The minimum atomic E-state index is -3.79. The van der Waals surface area contributed by atoms with Crippen LogP contribution in [0, 0.1) is 10.4 Å². The molecule has 0 aliphatic rings. The number of benzene rings is 1. The third kappa shape index (κ3) is 6.56. The van der Waals surface area contributed by atoms with Gasteiger partial charge in [-0.2, -0.15) is 9.48 Å². The molecule has 0 radical (unpaired) electrons. The highest BCUT2D eigenvalue weighted by Gasteiger charge is 2.52. The van der Waals surface area contributed by atoms with Crippen LogP contribution in [0.2, 0.25) is 0 Å². The first kappa shape index (κ1) is 30.5. The molecule has 12 heteroatoms. The lowest BCUT2D eigenvalue weighted by molar-refractivity contribution is -0.511. The summed E-state index contributed by atoms with van der Waals surface area (Å²) in [6.07, 6.45) is 2.45. The van der Waals surface area contributed by atoms with Crippen LogP contribution in [0.25, 0.3) is 0 Å². The Hall–Kier alpha value is -1.54. The summed E-state index contributed by atoms with van der Waals surface area (Å²) in [5, 5.41) is 23.2. The summed E-state index contributed by atoms with van der Waals surface area (Å²) >= 11 is 0. The van der Waals surface area contributed by atoms with Gasteiger partial charge in [0.05, 0.1) is 37.6 Å². The molecule has 0 amide bonds. The van der Waals surface area contributed by atoms with Gasteiger partial charge in [-0.3, -0.25) is 9.13 Å². The van der Waals surface area contributed by atoms with Gasteiger partial charge in [-0.15, -0.1) is 0 Å². The summed E-state index contributed by atoms with van der Waals surface area (Å²) in [6, 6.07) is 6.65. The second-order valence-electron chi connectivity index (χ2n) is 8.19. The molecule has 0 heterocycles. The van der Waals surface area contributed by atoms with Gasteiger partial charge in [-0.1, -0.05) is 12.1 Å². The van der Waals surface area contributed by atoms with E-state index in [-0.39, 0.29) is 26.4 Å². The van der Waals surface area contributed by atoms with Crippen LogP contribution in [0.5, 0.6) is 0 Å². The van der Waals surface area contributed by atoms with E-state index in [2.05, 4.69) is 0 Å². The van der Waals surface area contributed by atoms with E-state index < -0.39 is 25.8 Å². The zero-order valence-corrected chi connectivity index (χ0v) is 23.1. The summed E-state index contributed by atoms with van der Waals surface area (Å²) in [5.74, 6) is 0. The fraction of sp³-hybridized carbons (Fsp3) is 0.636. The number of nitrogens with zero attached hydrogens (tertiary/aromatic N) is 2. The zero-order chi connectivity index (χ0) is 26.2. The van der Waals surface area contributed by atoms with Gasteiger partial charge in [0.1, 0.15) is 0 Å². The first-order valence-electron chi connectivity index (χ1n) is 11.3. The molecular weight excluding hydrogens is 482 g/mol. The number of hydrogen-bond acceptors (Lipinski definition) is 8. The Kier molecular flexibility index (Phi) is 11.1. The van der Waals surface area contributed by atoms with Crippen molar-refractivity contribution in [2.45, 2.75) is 65.9 Å². The van der Waals surface area contributed by atoms with Crippen molar-refractivity contribution in [2.75, 3.05) is 26.4 Å². The fourth-order valence-corrected chi connectivity index (χ4v) is 6.31. The van der Waals surface area contributed by atoms with Gasteiger partial charge in [-0.05, 0) is 39.8 Å². The van der Waals surface area contributed by atoms with Gasteiger partial charge < -0.3 is 28.5 Å². The molecule has 0 aromatic heterocycles. The van der Waals surface area contributed by atoms with Crippen molar-refractivity contribution in [1.82, 2.24) is 0 Å². The van der Waals surface area contributed by atoms with Crippen LogP contribution in [0.15, 0.2) is 24.3 Å². The molecule has 10 nitrogen and oxygen atoms in total. The summed E-state index contributed by atoms with van der Waals surface area (Å²) in [7, 11) is -7.58. The number of hydrogen-bond donors (Lipinski definition) is 0. The predicted molar refractivity (Wildman–Crippen MR) is 134 cm³/mol. The molecule has 194 valence electrons. The molecule has 0 saturated carbocycles. The molecule has 0 fully saturated rings. The molecule has 0 N–H and O–H groups in total. The van der Waals surface area contributed by atoms with Crippen molar-refractivity contribution in [3.63, 3.8) is 0 Å². The Labute approximate surface area is 202 Å². The van der Waals surface area contributed by atoms with E-state index in [9.17, 15) is 19.5 Å². The highest BCUT2D eigenvalue weighted by Crippen LogP contribution is 2.60. The Bertz CT molecular complexity index is 878. The zero-order valence-electron chi connectivity index (χ0n) is 21.3. The topological polar surface area (TPSA) is 123 Å². The van der Waals surface area contributed by atoms with E-state index in [4.69, 9.17) is 18.1 Å². The van der Waals surface area contributed by atoms with Crippen molar-refractivity contribution >= 4 is 27.6 Å². The summed E-state index contributed by atoms with van der Waals surface area (Å²) in [5.41, 5.74) is 0.758. The average molecular weight is 521 g/mol. The maximum atomic E-state index is 13.3. The molecule has 1 aromatic carbocycles. The van der Waals surface area contributed by atoms with Gasteiger partial charge >= 0.3 is 15.2 Å². The SMILES string of the molecule is CCOP(=O)(OCC)C(C)(C)/[N+]([O-])=C/c1ccccc1/C=[N+](\[O-])C(C)(C)P(=O)(OCC)OCC. The van der Waals surface area contributed by atoms with E-state index in [1.165, 1.54) is 40.1 Å². The third-order valence-electron chi connectivity index (χ3n) is 5.12. The highest BCUT2D eigenvalue weighted by atomic mass is 31.2. The second kappa shape index (κ2) is 12.4. The van der Waals surface area contributed by atoms with Crippen LogP contribution in [-0.2, 0) is 27.2 Å². The number of hydroxylamine groups is 2. The Balaban J connectivity index is 3.53. The second-order valence-corrected chi connectivity index (χ2v) is 13.4. The molecule has 0 aliphatic heterocycles. The molecule has 0 unspecified atom stereocenters. The normalized spacial score (nSPS) is 14.5. The van der Waals surface area contributed by atoms with Crippen LogP contribution in [0.4, 0.5) is 0 Å². The monoisotopic (exact) mass is 520 g/mol. The molecular formula is C22H38N2O8P2. The predicted octanol–water partition coefficient (Wildman–Crippen LogP) is 5.55. The van der Waals surface area contributed by atoms with E-state index in [1.54, 1.807) is 52.0 Å². The Morgan fingerprint density at radius 1 is 0.706 bits per heavy atom. The van der Waals surface area contributed by atoms with Crippen LogP contribution in [0.1, 0.15) is 66.5 Å². The van der Waals surface area contributed by atoms with Crippen LogP contribution < -0.4 is 0 Å². The standard InChI is InChI=1S/C22H38N2O8P2/c1-9-29-33(27,30-10-2)21(5,6)23(25)17-19-15-13-14-16-20(19)18-24(26)22(7,8)34(28,31-11-3)32-12-4/h13-18H,9-12H2,1-8H3/b23-17-,24-18-. The van der Waals surface area contributed by atoms with Crippen LogP contribution in [-0.4, -0.2) is 58.9 Å². The lowest BCUT2D eigenvalue weighted by atomic mass is 10.1. The van der Waals surface area contributed by atoms with Crippen molar-refractivity contribution < 1.29 is 36.7 Å². The van der Waals surface area contributed by atoms with Gasteiger partial charge in [0.25, 0.3) is 10.6 Å². The lowest BCUT2D eigenvalue weighted by Gasteiger charge is -2.31. The van der Waals surface area contributed by atoms with Crippen molar-refractivity contribution in [2.24, 2.45) is 0 Å². The lowest BCUT2D eigenvalue weighted by Crippen LogP contribution is -2.36. The highest BCUT2D eigenvalue weighted by molar-refractivity contribution is 7.55. The minimum absolute atomic E-state index is 0.110. The largest absolute Gasteiger partial charge is 0.623 e. The van der Waals surface area contributed by atoms with Crippen LogP contribution in [0.3, 0.4) is 0 Å². The molecule has 0 atom stereocenters. The number of rotatable bonds is 14. The van der Waals surface area contributed by atoms with Crippen molar-refractivity contribution in [1.29, 1.82) is 0 Å². The minimum Gasteiger partial charge on any atom is -0.623 e. The average Bonchev–Trinajstić information content (AvgIpc) is 2.75. The summed E-state index contributed by atoms with van der Waals surface area (Å²) in [6.45, 7) is 13.0. The van der Waals surface area contributed by atoms with E-state index in [0.29, 0.717) is 20.6 Å². The molecule has 34 heavy (non-hydrogen) atoms. The third-order valence-corrected chi connectivity index (χ3v) is 10.6. The molecule has 0 bridgehead atoms. The molecule has 0 spiro atoms. The summed E-state index contributed by atoms with van der Waals surface area (Å²) in [4.78, 5) is 0. The Morgan fingerprint density at radius 2 is 0.971 bits per heavy atom. The quantitative estimate of drug-likeness (QED) is 0.103. The molecule has 0 aliphatic carbocycles. The van der Waals surface area contributed by atoms with Crippen molar-refractivity contribution in [3.05, 3.63) is 45.8 Å². The van der Waals surface area contributed by atoms with E-state index in [1.807, 2.05) is 0 Å². The fourth-order valence-electron chi connectivity index (χ4n) is 2.94. The molecule has 0 saturated heterocycles. The van der Waals surface area contributed by atoms with Gasteiger partial charge in [0, 0.05) is 27.7 Å². The Morgan fingerprint density at radius 3 is 1.21 bits per heavy atom. The maximum Gasteiger partial charge on any atom is 0.401 e. The molecule has 1 aromatic rings. The maximum absolute atomic E-state index is 13.3. The molecule has 1 rings (SSSR count). The van der Waals surface area contributed by atoms with Gasteiger partial charge in [-0.25, -0.2) is 0 Å². The van der Waals surface area contributed by atoms with E-state index >= 15 is 0 Å².